The predicted octanol–water partition coefficient (Wildman–Crippen LogP) is 2.38. The van der Waals surface area contributed by atoms with Crippen LogP contribution in [0.3, 0.4) is 0 Å². The lowest BCUT2D eigenvalue weighted by Gasteiger charge is -2.06. The molecule has 0 aliphatic heterocycles. The number of aryl methyl sites for hydroxylation is 1. The first-order valence-electron chi connectivity index (χ1n) is 5.54. The molecule has 0 radical (unpaired) electrons. The summed E-state index contributed by atoms with van der Waals surface area (Å²) in [4.78, 5) is 0. The number of aromatic nitrogens is 4. The number of benzene rings is 1. The van der Waals surface area contributed by atoms with Crippen molar-refractivity contribution in [2.24, 2.45) is 0 Å². The molecule has 0 atom stereocenters. The summed E-state index contributed by atoms with van der Waals surface area (Å²) in [5.74, 6) is 0.665. The zero-order valence-corrected chi connectivity index (χ0v) is 10.4. The highest BCUT2D eigenvalue weighted by molar-refractivity contribution is 6.31. The van der Waals surface area contributed by atoms with Crippen molar-refractivity contribution in [1.82, 2.24) is 20.2 Å². The molecule has 2 rings (SSSR count). The lowest BCUT2D eigenvalue weighted by Crippen LogP contribution is -2.04. The predicted molar refractivity (Wildman–Crippen MR) is 67.6 cm³/mol. The standard InChI is InChI=1S/C11H14ClN5/c1-2-3-6-17-11(14-15-16-17)9-7-8(12)4-5-10(9)13/h4-5,7H,2-3,6,13H2,1H3. The first kappa shape index (κ1) is 11.9. The zero-order valence-electron chi connectivity index (χ0n) is 9.60. The van der Waals surface area contributed by atoms with Crippen molar-refractivity contribution in [3.63, 3.8) is 0 Å². The molecule has 6 heteroatoms. The molecule has 0 saturated heterocycles. The van der Waals surface area contributed by atoms with Crippen molar-refractivity contribution in [3.05, 3.63) is 23.2 Å². The zero-order chi connectivity index (χ0) is 12.3. The van der Waals surface area contributed by atoms with Crippen LogP contribution < -0.4 is 5.73 Å². The van der Waals surface area contributed by atoms with E-state index in [1.165, 1.54) is 0 Å². The van der Waals surface area contributed by atoms with Gasteiger partial charge in [-0.05, 0) is 35.0 Å². The minimum atomic E-state index is 0.624. The Bertz CT molecular complexity index is 508. The summed E-state index contributed by atoms with van der Waals surface area (Å²) in [5.41, 5.74) is 7.31. The van der Waals surface area contributed by atoms with Gasteiger partial charge in [0.15, 0.2) is 5.82 Å². The van der Waals surface area contributed by atoms with Crippen molar-refractivity contribution in [2.75, 3.05) is 5.73 Å². The summed E-state index contributed by atoms with van der Waals surface area (Å²) in [6.45, 7) is 2.91. The molecule has 0 saturated carbocycles. The van der Waals surface area contributed by atoms with Crippen molar-refractivity contribution in [1.29, 1.82) is 0 Å². The Morgan fingerprint density at radius 2 is 2.24 bits per heavy atom. The Morgan fingerprint density at radius 3 is 3.00 bits per heavy atom. The van der Waals surface area contributed by atoms with Gasteiger partial charge in [0.05, 0.1) is 0 Å². The van der Waals surface area contributed by atoms with Crippen LogP contribution in [0.5, 0.6) is 0 Å². The molecule has 0 unspecified atom stereocenters. The average molecular weight is 252 g/mol. The molecule has 17 heavy (non-hydrogen) atoms. The van der Waals surface area contributed by atoms with E-state index in [0.717, 1.165) is 24.9 Å². The van der Waals surface area contributed by atoms with Gasteiger partial charge in [0, 0.05) is 22.8 Å². The van der Waals surface area contributed by atoms with Crippen LogP contribution in [0.4, 0.5) is 5.69 Å². The van der Waals surface area contributed by atoms with Crippen LogP contribution in [0.15, 0.2) is 18.2 Å². The van der Waals surface area contributed by atoms with E-state index in [-0.39, 0.29) is 0 Å². The molecule has 1 aromatic carbocycles. The molecule has 0 aliphatic carbocycles. The number of hydrogen-bond acceptors (Lipinski definition) is 4. The number of unbranched alkanes of at least 4 members (excludes halogenated alkanes) is 1. The molecule has 90 valence electrons. The van der Waals surface area contributed by atoms with Gasteiger partial charge < -0.3 is 5.73 Å². The van der Waals surface area contributed by atoms with Gasteiger partial charge in [0.2, 0.25) is 0 Å². The first-order chi connectivity index (χ1) is 8.22. The van der Waals surface area contributed by atoms with Crippen molar-refractivity contribution >= 4 is 17.3 Å². The minimum Gasteiger partial charge on any atom is -0.398 e. The Hall–Kier alpha value is -1.62. The molecule has 5 nitrogen and oxygen atoms in total. The Kier molecular flexibility index (Phi) is 3.58. The van der Waals surface area contributed by atoms with Gasteiger partial charge in [-0.25, -0.2) is 4.68 Å². The van der Waals surface area contributed by atoms with Gasteiger partial charge in [-0.3, -0.25) is 0 Å². The fourth-order valence-electron chi connectivity index (χ4n) is 1.58. The van der Waals surface area contributed by atoms with E-state index < -0.39 is 0 Å². The highest BCUT2D eigenvalue weighted by Gasteiger charge is 2.11. The van der Waals surface area contributed by atoms with E-state index in [2.05, 4.69) is 22.4 Å². The second-order valence-electron chi connectivity index (χ2n) is 3.81. The molecule has 2 aromatic rings. The summed E-state index contributed by atoms with van der Waals surface area (Å²) in [6, 6.07) is 5.29. The molecule has 0 fully saturated rings. The summed E-state index contributed by atoms with van der Waals surface area (Å²) in [5, 5.41) is 12.3. The lowest BCUT2D eigenvalue weighted by molar-refractivity contribution is 0.557. The highest BCUT2D eigenvalue weighted by atomic mass is 35.5. The quantitative estimate of drug-likeness (QED) is 0.847. The Morgan fingerprint density at radius 1 is 1.41 bits per heavy atom. The molecule has 0 bridgehead atoms. The van der Waals surface area contributed by atoms with Gasteiger partial charge in [0.1, 0.15) is 0 Å². The monoisotopic (exact) mass is 251 g/mol. The number of nitrogens with two attached hydrogens (primary N) is 1. The van der Waals surface area contributed by atoms with Gasteiger partial charge in [-0.2, -0.15) is 0 Å². The van der Waals surface area contributed by atoms with Crippen LogP contribution in [0.2, 0.25) is 5.02 Å². The number of nitrogen functional groups attached to an aromatic ring is 1. The van der Waals surface area contributed by atoms with Crippen LogP contribution in [0, 0.1) is 0 Å². The Balaban J connectivity index is 2.38. The SMILES string of the molecule is CCCCn1nnnc1-c1cc(Cl)ccc1N. The number of halogens is 1. The Labute approximate surface area is 105 Å². The number of hydrogen-bond donors (Lipinski definition) is 1. The maximum atomic E-state index is 5.96. The van der Waals surface area contributed by atoms with Crippen molar-refractivity contribution < 1.29 is 0 Å². The van der Waals surface area contributed by atoms with Crippen LogP contribution in [-0.4, -0.2) is 20.2 Å². The molecular weight excluding hydrogens is 238 g/mol. The van der Waals surface area contributed by atoms with Gasteiger partial charge in [-0.1, -0.05) is 24.9 Å². The third-order valence-corrected chi connectivity index (χ3v) is 2.75. The third kappa shape index (κ3) is 2.55. The maximum Gasteiger partial charge on any atom is 0.184 e. The number of anilines is 1. The fourth-order valence-corrected chi connectivity index (χ4v) is 1.75. The smallest absolute Gasteiger partial charge is 0.184 e. The second kappa shape index (κ2) is 5.14. The summed E-state index contributed by atoms with van der Waals surface area (Å²) in [7, 11) is 0. The normalized spacial score (nSPS) is 10.7. The van der Waals surface area contributed by atoms with Crippen LogP contribution in [-0.2, 0) is 6.54 Å². The van der Waals surface area contributed by atoms with Crippen molar-refractivity contribution in [3.8, 4) is 11.4 Å². The number of rotatable bonds is 4. The van der Waals surface area contributed by atoms with E-state index in [1.807, 2.05) is 0 Å². The minimum absolute atomic E-state index is 0.624. The van der Waals surface area contributed by atoms with E-state index in [0.29, 0.717) is 16.5 Å². The van der Waals surface area contributed by atoms with E-state index in [1.54, 1.807) is 22.9 Å². The van der Waals surface area contributed by atoms with Gasteiger partial charge in [-0.15, -0.1) is 5.10 Å². The molecular formula is C11H14ClN5. The largest absolute Gasteiger partial charge is 0.398 e. The summed E-state index contributed by atoms with van der Waals surface area (Å²) in [6.07, 6.45) is 2.11. The van der Waals surface area contributed by atoms with E-state index >= 15 is 0 Å². The number of tetrazole rings is 1. The van der Waals surface area contributed by atoms with Crippen LogP contribution >= 0.6 is 11.6 Å². The van der Waals surface area contributed by atoms with E-state index in [4.69, 9.17) is 17.3 Å². The average Bonchev–Trinajstić information content (AvgIpc) is 2.77. The van der Waals surface area contributed by atoms with Crippen LogP contribution in [0.1, 0.15) is 19.8 Å². The molecule has 1 heterocycles. The highest BCUT2D eigenvalue weighted by Crippen LogP contribution is 2.26. The van der Waals surface area contributed by atoms with Crippen molar-refractivity contribution in [2.45, 2.75) is 26.3 Å². The molecule has 0 aliphatic rings. The molecule has 0 spiro atoms. The third-order valence-electron chi connectivity index (χ3n) is 2.51. The topological polar surface area (TPSA) is 69.6 Å². The molecule has 2 N–H and O–H groups in total. The molecule has 0 amide bonds. The van der Waals surface area contributed by atoms with Crippen LogP contribution in [0.25, 0.3) is 11.4 Å². The molecule has 1 aromatic heterocycles. The summed E-state index contributed by atoms with van der Waals surface area (Å²) >= 11 is 5.96. The fraction of sp³-hybridized carbons (Fsp3) is 0.364. The number of nitrogens with zero attached hydrogens (tertiary/aromatic N) is 4. The van der Waals surface area contributed by atoms with Gasteiger partial charge >= 0.3 is 0 Å². The summed E-state index contributed by atoms with van der Waals surface area (Å²) < 4.78 is 1.76. The second-order valence-corrected chi connectivity index (χ2v) is 4.25. The van der Waals surface area contributed by atoms with E-state index in [9.17, 15) is 0 Å². The maximum absolute atomic E-state index is 5.96. The van der Waals surface area contributed by atoms with Gasteiger partial charge in [0.25, 0.3) is 0 Å². The lowest BCUT2D eigenvalue weighted by atomic mass is 10.1. The first-order valence-corrected chi connectivity index (χ1v) is 5.91.